The van der Waals surface area contributed by atoms with Crippen LogP contribution in [0.1, 0.15) is 23.1 Å². The fraction of sp³-hybridized carbons (Fsp3) is 0.150. The summed E-state index contributed by atoms with van der Waals surface area (Å²) in [5.74, 6) is 0.255. The summed E-state index contributed by atoms with van der Waals surface area (Å²) in [6.07, 6.45) is 0.720. The lowest BCUT2D eigenvalue weighted by Gasteiger charge is -2.11. The molecule has 0 radical (unpaired) electrons. The van der Waals surface area contributed by atoms with E-state index < -0.39 is 10.8 Å². The van der Waals surface area contributed by atoms with Crippen LogP contribution in [0.15, 0.2) is 42.5 Å². The number of rotatable bonds is 6. The molecule has 1 amide bonds. The Labute approximate surface area is 196 Å². The Kier molecular flexibility index (Phi) is 6.24. The van der Waals surface area contributed by atoms with Crippen molar-refractivity contribution in [1.29, 1.82) is 0 Å². The number of carbonyl (C=O) groups excluding carboxylic acids is 1. The molecule has 0 fully saturated rings. The van der Waals surface area contributed by atoms with Crippen molar-refractivity contribution in [3.05, 3.63) is 64.0 Å². The lowest BCUT2D eigenvalue weighted by Crippen LogP contribution is -2.34. The number of nitro benzene ring substituents is 1. The molecular formula is C20H17N7O4S2. The van der Waals surface area contributed by atoms with Crippen molar-refractivity contribution in [2.24, 2.45) is 0 Å². The van der Waals surface area contributed by atoms with Gasteiger partial charge in [-0.2, -0.15) is 9.61 Å². The Morgan fingerprint density at radius 1 is 1.27 bits per heavy atom. The molecule has 0 spiro atoms. The van der Waals surface area contributed by atoms with Crippen LogP contribution in [0.5, 0.6) is 5.75 Å². The first-order valence-electron chi connectivity index (χ1n) is 9.66. The molecule has 2 N–H and O–H groups in total. The number of methoxy groups -OCH3 is 1. The van der Waals surface area contributed by atoms with E-state index in [1.165, 1.54) is 30.6 Å². The number of nitrogens with zero attached hydrogens (tertiary/aromatic N) is 5. The Morgan fingerprint density at radius 2 is 2.09 bits per heavy atom. The van der Waals surface area contributed by atoms with Crippen molar-refractivity contribution >= 4 is 50.9 Å². The third kappa shape index (κ3) is 4.63. The maximum Gasteiger partial charge on any atom is 0.311 e. The second kappa shape index (κ2) is 9.26. The van der Waals surface area contributed by atoms with Crippen LogP contribution < -0.4 is 15.4 Å². The SMILES string of the molecule is CCc1nnc2sc(-c3cccc(NC(=S)NC(=O)c4ccc(OC)c([N+](=O)[O-])c4)c3)nn12. The van der Waals surface area contributed by atoms with Crippen molar-refractivity contribution < 1.29 is 14.5 Å². The van der Waals surface area contributed by atoms with Crippen LogP contribution in [0.3, 0.4) is 0 Å². The van der Waals surface area contributed by atoms with E-state index in [1.54, 1.807) is 10.6 Å². The zero-order valence-corrected chi connectivity index (χ0v) is 19.1. The fourth-order valence-corrected chi connectivity index (χ4v) is 4.10. The monoisotopic (exact) mass is 483 g/mol. The number of aromatic nitrogens is 4. The Morgan fingerprint density at radius 3 is 2.82 bits per heavy atom. The first kappa shape index (κ1) is 22.2. The number of aryl methyl sites for hydroxylation is 1. The molecule has 0 aliphatic heterocycles. The van der Waals surface area contributed by atoms with Gasteiger partial charge < -0.3 is 10.1 Å². The zero-order valence-electron chi connectivity index (χ0n) is 17.4. The van der Waals surface area contributed by atoms with Crippen LogP contribution in [0.2, 0.25) is 0 Å². The number of thiocarbonyl (C=S) groups is 1. The highest BCUT2D eigenvalue weighted by Crippen LogP contribution is 2.28. The third-order valence-electron chi connectivity index (χ3n) is 4.60. The van der Waals surface area contributed by atoms with Crippen molar-refractivity contribution in [1.82, 2.24) is 25.1 Å². The van der Waals surface area contributed by atoms with Gasteiger partial charge in [0, 0.05) is 29.3 Å². The number of amides is 1. The number of nitro groups is 1. The topological polar surface area (TPSA) is 137 Å². The summed E-state index contributed by atoms with van der Waals surface area (Å²) in [5.41, 5.74) is 1.25. The molecule has 2 aromatic heterocycles. The van der Waals surface area contributed by atoms with Crippen molar-refractivity contribution in [3.63, 3.8) is 0 Å². The molecule has 2 aromatic carbocycles. The maximum atomic E-state index is 12.5. The number of anilines is 1. The van der Waals surface area contributed by atoms with Gasteiger partial charge in [0.1, 0.15) is 5.01 Å². The first-order valence-corrected chi connectivity index (χ1v) is 10.9. The Hall–Kier alpha value is -3.97. The van der Waals surface area contributed by atoms with Crippen LogP contribution in [-0.2, 0) is 6.42 Å². The van der Waals surface area contributed by atoms with Gasteiger partial charge in [-0.15, -0.1) is 10.2 Å². The molecule has 168 valence electrons. The number of benzene rings is 2. The van der Waals surface area contributed by atoms with Crippen molar-refractivity contribution in [2.45, 2.75) is 13.3 Å². The highest BCUT2D eigenvalue weighted by molar-refractivity contribution is 7.80. The predicted molar refractivity (Wildman–Crippen MR) is 127 cm³/mol. The van der Waals surface area contributed by atoms with Gasteiger partial charge in [-0.1, -0.05) is 30.4 Å². The standard InChI is InChI=1S/C20H17N7O4S2/c1-3-16-23-24-20-26(16)25-18(33-20)12-5-4-6-13(9-12)21-19(32)22-17(28)11-7-8-15(31-2)14(10-11)27(29)30/h4-10H,3H2,1-2H3,(H2,21,22,28,32). The zero-order chi connectivity index (χ0) is 23.5. The van der Waals surface area contributed by atoms with Crippen molar-refractivity contribution in [3.8, 4) is 16.3 Å². The van der Waals surface area contributed by atoms with Crippen LogP contribution >= 0.6 is 23.6 Å². The average Bonchev–Trinajstić information content (AvgIpc) is 3.39. The first-order chi connectivity index (χ1) is 15.9. The maximum absolute atomic E-state index is 12.5. The summed E-state index contributed by atoms with van der Waals surface area (Å²) in [4.78, 5) is 23.8. The van der Waals surface area contributed by atoms with E-state index in [2.05, 4.69) is 25.9 Å². The highest BCUT2D eigenvalue weighted by atomic mass is 32.1. The summed E-state index contributed by atoms with van der Waals surface area (Å²) >= 11 is 6.65. The molecule has 0 aliphatic carbocycles. The summed E-state index contributed by atoms with van der Waals surface area (Å²) in [6.45, 7) is 1.99. The van der Waals surface area contributed by atoms with Gasteiger partial charge in [-0.3, -0.25) is 20.2 Å². The van der Waals surface area contributed by atoms with E-state index in [9.17, 15) is 14.9 Å². The van der Waals surface area contributed by atoms with Gasteiger partial charge >= 0.3 is 5.69 Å². The molecule has 0 aliphatic rings. The fourth-order valence-electron chi connectivity index (χ4n) is 3.04. The van der Waals surface area contributed by atoms with Crippen LogP contribution in [0.4, 0.5) is 11.4 Å². The van der Waals surface area contributed by atoms with E-state index >= 15 is 0 Å². The minimum absolute atomic E-state index is 0.0435. The van der Waals surface area contributed by atoms with Gasteiger partial charge in [0.05, 0.1) is 12.0 Å². The van der Waals surface area contributed by atoms with E-state index in [-0.39, 0.29) is 22.1 Å². The molecule has 2 heterocycles. The second-order valence-corrected chi connectivity index (χ2v) is 8.07. The Balaban J connectivity index is 1.47. The lowest BCUT2D eigenvalue weighted by atomic mass is 10.1. The van der Waals surface area contributed by atoms with Gasteiger partial charge in [-0.05, 0) is 36.5 Å². The van der Waals surface area contributed by atoms with Crippen LogP contribution in [-0.4, -0.2) is 42.9 Å². The summed E-state index contributed by atoms with van der Waals surface area (Å²) in [6, 6.07) is 11.3. The van der Waals surface area contributed by atoms with E-state index in [0.29, 0.717) is 10.6 Å². The number of ether oxygens (including phenoxy) is 1. The molecule has 0 saturated carbocycles. The molecule has 13 heteroatoms. The largest absolute Gasteiger partial charge is 0.490 e. The van der Waals surface area contributed by atoms with Gasteiger partial charge in [-0.25, -0.2) is 0 Å². The van der Waals surface area contributed by atoms with Gasteiger partial charge in [0.15, 0.2) is 16.7 Å². The number of carbonyl (C=O) groups is 1. The van der Waals surface area contributed by atoms with E-state index in [0.717, 1.165) is 28.9 Å². The minimum Gasteiger partial charge on any atom is -0.490 e. The highest BCUT2D eigenvalue weighted by Gasteiger charge is 2.19. The number of hydrogen-bond donors (Lipinski definition) is 2. The number of hydrogen-bond acceptors (Lipinski definition) is 9. The third-order valence-corrected chi connectivity index (χ3v) is 5.76. The van der Waals surface area contributed by atoms with Crippen LogP contribution in [0, 0.1) is 10.1 Å². The summed E-state index contributed by atoms with van der Waals surface area (Å²) in [7, 11) is 1.32. The molecule has 11 nitrogen and oxygen atoms in total. The molecule has 0 unspecified atom stereocenters. The molecule has 0 atom stereocenters. The lowest BCUT2D eigenvalue weighted by molar-refractivity contribution is -0.385. The number of fused-ring (bicyclic) bond motifs is 1. The molecule has 0 saturated heterocycles. The number of nitrogens with one attached hydrogen (secondary N) is 2. The van der Waals surface area contributed by atoms with Gasteiger partial charge in [0.2, 0.25) is 4.96 Å². The molecule has 4 rings (SSSR count). The van der Waals surface area contributed by atoms with Crippen molar-refractivity contribution in [2.75, 3.05) is 12.4 Å². The van der Waals surface area contributed by atoms with E-state index in [1.807, 2.05) is 25.1 Å². The predicted octanol–water partition coefficient (Wildman–Crippen LogP) is 3.46. The summed E-state index contributed by atoms with van der Waals surface area (Å²) < 4.78 is 6.67. The normalized spacial score (nSPS) is 10.7. The average molecular weight is 484 g/mol. The minimum atomic E-state index is -0.618. The van der Waals surface area contributed by atoms with Crippen LogP contribution in [0.25, 0.3) is 15.5 Å². The summed E-state index contributed by atoms with van der Waals surface area (Å²) in [5, 5.41) is 30.3. The molecular weight excluding hydrogens is 466 g/mol. The smallest absolute Gasteiger partial charge is 0.311 e. The Bertz CT molecular complexity index is 1380. The second-order valence-electron chi connectivity index (χ2n) is 6.70. The molecule has 33 heavy (non-hydrogen) atoms. The molecule has 4 aromatic rings. The van der Waals surface area contributed by atoms with E-state index in [4.69, 9.17) is 17.0 Å². The van der Waals surface area contributed by atoms with Gasteiger partial charge in [0.25, 0.3) is 5.91 Å². The quantitative estimate of drug-likeness (QED) is 0.240. The molecule has 0 bridgehead atoms.